The number of benzene rings is 1. The van der Waals surface area contributed by atoms with E-state index in [-0.39, 0.29) is 11.9 Å². The van der Waals surface area contributed by atoms with Crippen molar-refractivity contribution in [2.45, 2.75) is 38.4 Å². The van der Waals surface area contributed by atoms with Gasteiger partial charge < -0.3 is 10.2 Å². The predicted octanol–water partition coefficient (Wildman–Crippen LogP) is 2.48. The second kappa shape index (κ2) is 8.09. The molecular formula is C17H26BrN3O. The molecule has 0 aliphatic carbocycles. The SMILES string of the molecule is CNC1CCCN(C(C)C(=O)N(C)Cc2ccc(Br)cc2)C1. The second-order valence-corrected chi connectivity index (χ2v) is 7.04. The minimum atomic E-state index is -0.0587. The highest BCUT2D eigenvalue weighted by Crippen LogP contribution is 2.16. The van der Waals surface area contributed by atoms with Gasteiger partial charge in [0, 0.05) is 30.7 Å². The van der Waals surface area contributed by atoms with Crippen LogP contribution in [0.1, 0.15) is 25.3 Å². The van der Waals surface area contributed by atoms with Gasteiger partial charge in [0.2, 0.25) is 5.91 Å². The van der Waals surface area contributed by atoms with Crippen molar-refractivity contribution in [2.75, 3.05) is 27.2 Å². The first-order chi connectivity index (χ1) is 10.5. The van der Waals surface area contributed by atoms with Gasteiger partial charge in [-0.3, -0.25) is 9.69 Å². The Morgan fingerprint density at radius 2 is 2.14 bits per heavy atom. The Morgan fingerprint density at radius 1 is 1.45 bits per heavy atom. The van der Waals surface area contributed by atoms with Crippen LogP contribution < -0.4 is 5.32 Å². The van der Waals surface area contributed by atoms with E-state index in [9.17, 15) is 4.79 Å². The number of carbonyl (C=O) groups excluding carboxylic acids is 1. The Balaban J connectivity index is 1.92. The third kappa shape index (κ3) is 4.54. The molecule has 1 N–H and O–H groups in total. The van der Waals surface area contributed by atoms with E-state index in [0.29, 0.717) is 12.6 Å². The Labute approximate surface area is 142 Å². The fourth-order valence-corrected chi connectivity index (χ4v) is 3.27. The van der Waals surface area contributed by atoms with Gasteiger partial charge in [0.15, 0.2) is 0 Å². The lowest BCUT2D eigenvalue weighted by Gasteiger charge is -2.37. The molecule has 1 fully saturated rings. The van der Waals surface area contributed by atoms with Crippen molar-refractivity contribution in [1.29, 1.82) is 0 Å². The lowest BCUT2D eigenvalue weighted by atomic mass is 10.0. The Bertz CT molecular complexity index is 491. The summed E-state index contributed by atoms with van der Waals surface area (Å²) in [6, 6.07) is 8.57. The number of carbonyl (C=O) groups is 1. The lowest BCUT2D eigenvalue weighted by molar-refractivity contribution is -0.136. The van der Waals surface area contributed by atoms with Gasteiger partial charge in [-0.05, 0) is 51.1 Å². The Morgan fingerprint density at radius 3 is 2.77 bits per heavy atom. The summed E-state index contributed by atoms with van der Waals surface area (Å²) in [7, 11) is 3.89. The molecule has 1 heterocycles. The van der Waals surface area contributed by atoms with Gasteiger partial charge in [-0.15, -0.1) is 0 Å². The summed E-state index contributed by atoms with van der Waals surface area (Å²) in [5.41, 5.74) is 1.15. The van der Waals surface area contributed by atoms with Crippen LogP contribution >= 0.6 is 15.9 Å². The topological polar surface area (TPSA) is 35.6 Å². The number of likely N-dealkylation sites (tertiary alicyclic amines) is 1. The van der Waals surface area contributed by atoms with Crippen LogP contribution in [0.4, 0.5) is 0 Å². The number of halogens is 1. The van der Waals surface area contributed by atoms with Gasteiger partial charge in [0.1, 0.15) is 0 Å². The molecule has 1 aromatic carbocycles. The molecule has 2 atom stereocenters. The van der Waals surface area contributed by atoms with Crippen LogP contribution in [-0.4, -0.2) is 55.0 Å². The molecule has 0 bridgehead atoms. The maximum Gasteiger partial charge on any atom is 0.239 e. The zero-order valence-electron chi connectivity index (χ0n) is 13.7. The highest BCUT2D eigenvalue weighted by molar-refractivity contribution is 9.10. The molecule has 22 heavy (non-hydrogen) atoms. The smallest absolute Gasteiger partial charge is 0.239 e. The van der Waals surface area contributed by atoms with Crippen LogP contribution in [0.5, 0.6) is 0 Å². The number of nitrogens with one attached hydrogen (secondary N) is 1. The number of piperidine rings is 1. The number of likely N-dealkylation sites (N-methyl/N-ethyl adjacent to an activating group) is 2. The molecule has 2 unspecified atom stereocenters. The van der Waals surface area contributed by atoms with Gasteiger partial charge >= 0.3 is 0 Å². The molecule has 1 saturated heterocycles. The van der Waals surface area contributed by atoms with Crippen LogP contribution in [0, 0.1) is 0 Å². The average molecular weight is 368 g/mol. The molecular weight excluding hydrogens is 342 g/mol. The molecule has 0 saturated carbocycles. The average Bonchev–Trinajstić information content (AvgIpc) is 2.55. The minimum Gasteiger partial charge on any atom is -0.340 e. The highest BCUT2D eigenvalue weighted by Gasteiger charge is 2.28. The Hall–Kier alpha value is -0.910. The van der Waals surface area contributed by atoms with E-state index in [0.717, 1.165) is 29.5 Å². The predicted molar refractivity (Wildman–Crippen MR) is 93.7 cm³/mol. The van der Waals surface area contributed by atoms with Crippen molar-refractivity contribution < 1.29 is 4.79 Å². The second-order valence-electron chi connectivity index (χ2n) is 6.12. The van der Waals surface area contributed by atoms with Gasteiger partial charge in [-0.1, -0.05) is 28.1 Å². The first-order valence-corrected chi connectivity index (χ1v) is 8.71. The molecule has 0 spiro atoms. The number of amides is 1. The zero-order chi connectivity index (χ0) is 16.1. The summed E-state index contributed by atoms with van der Waals surface area (Å²) in [6.07, 6.45) is 2.35. The van der Waals surface area contributed by atoms with E-state index < -0.39 is 0 Å². The molecule has 1 aliphatic heterocycles. The molecule has 0 aromatic heterocycles. The molecule has 122 valence electrons. The molecule has 4 nitrogen and oxygen atoms in total. The lowest BCUT2D eigenvalue weighted by Crippen LogP contribution is -2.52. The molecule has 0 radical (unpaired) electrons. The van der Waals surface area contributed by atoms with E-state index in [1.165, 1.54) is 6.42 Å². The first kappa shape index (κ1) is 17.4. The van der Waals surface area contributed by atoms with Crippen molar-refractivity contribution in [2.24, 2.45) is 0 Å². The number of rotatable bonds is 5. The number of hydrogen-bond donors (Lipinski definition) is 1. The van der Waals surface area contributed by atoms with Crippen LogP contribution in [0.3, 0.4) is 0 Å². The molecule has 1 amide bonds. The fraction of sp³-hybridized carbons (Fsp3) is 0.588. The Kier molecular flexibility index (Phi) is 6.41. The zero-order valence-corrected chi connectivity index (χ0v) is 15.3. The van der Waals surface area contributed by atoms with Gasteiger partial charge in [0.25, 0.3) is 0 Å². The summed E-state index contributed by atoms with van der Waals surface area (Å²) in [6.45, 7) is 4.64. The van der Waals surface area contributed by atoms with Crippen molar-refractivity contribution in [3.63, 3.8) is 0 Å². The minimum absolute atomic E-state index is 0.0587. The maximum atomic E-state index is 12.7. The van der Waals surface area contributed by atoms with Gasteiger partial charge in [-0.2, -0.15) is 0 Å². The van der Waals surface area contributed by atoms with Crippen molar-refractivity contribution in [1.82, 2.24) is 15.1 Å². The number of nitrogens with zero attached hydrogens (tertiary/aromatic N) is 2. The van der Waals surface area contributed by atoms with Crippen molar-refractivity contribution in [3.8, 4) is 0 Å². The van der Waals surface area contributed by atoms with Crippen LogP contribution in [0.25, 0.3) is 0 Å². The van der Waals surface area contributed by atoms with E-state index in [1.54, 1.807) is 0 Å². The maximum absolute atomic E-state index is 12.7. The summed E-state index contributed by atoms with van der Waals surface area (Å²) >= 11 is 3.44. The van der Waals surface area contributed by atoms with Crippen molar-refractivity contribution >= 4 is 21.8 Å². The van der Waals surface area contributed by atoms with Crippen LogP contribution in [0.2, 0.25) is 0 Å². The molecule has 1 aromatic rings. The van der Waals surface area contributed by atoms with Crippen molar-refractivity contribution in [3.05, 3.63) is 34.3 Å². The van der Waals surface area contributed by atoms with Crippen LogP contribution in [-0.2, 0) is 11.3 Å². The van der Waals surface area contributed by atoms with E-state index >= 15 is 0 Å². The molecule has 2 rings (SSSR count). The standard InChI is InChI=1S/C17H26BrN3O/c1-13(21-10-4-5-16(12-21)19-2)17(22)20(3)11-14-6-8-15(18)9-7-14/h6-9,13,16,19H,4-5,10-12H2,1-3H3. The number of hydrogen-bond acceptors (Lipinski definition) is 3. The molecule has 5 heteroatoms. The van der Waals surface area contributed by atoms with E-state index in [2.05, 4.69) is 38.3 Å². The van der Waals surface area contributed by atoms with Crippen LogP contribution in [0.15, 0.2) is 28.7 Å². The largest absolute Gasteiger partial charge is 0.340 e. The highest BCUT2D eigenvalue weighted by atomic mass is 79.9. The quantitative estimate of drug-likeness (QED) is 0.868. The normalized spacial score (nSPS) is 20.6. The van der Waals surface area contributed by atoms with Gasteiger partial charge in [0.05, 0.1) is 6.04 Å². The third-order valence-electron chi connectivity index (χ3n) is 4.48. The summed E-state index contributed by atoms with van der Waals surface area (Å²) in [5, 5.41) is 3.33. The summed E-state index contributed by atoms with van der Waals surface area (Å²) < 4.78 is 1.06. The van der Waals surface area contributed by atoms with E-state index in [1.807, 2.05) is 38.1 Å². The third-order valence-corrected chi connectivity index (χ3v) is 5.00. The van der Waals surface area contributed by atoms with E-state index in [4.69, 9.17) is 0 Å². The first-order valence-electron chi connectivity index (χ1n) is 7.92. The summed E-state index contributed by atoms with van der Waals surface area (Å²) in [5.74, 6) is 0.194. The monoisotopic (exact) mass is 367 g/mol. The summed E-state index contributed by atoms with van der Waals surface area (Å²) in [4.78, 5) is 16.8. The molecule has 1 aliphatic rings. The van der Waals surface area contributed by atoms with Gasteiger partial charge in [-0.25, -0.2) is 0 Å². The fourth-order valence-electron chi connectivity index (χ4n) is 3.01.